The Morgan fingerprint density at radius 3 is 2.24 bits per heavy atom. The van der Waals surface area contributed by atoms with Crippen molar-refractivity contribution < 1.29 is 0 Å². The molecule has 0 aliphatic heterocycles. The Balaban J connectivity index is 2.21. The van der Waals surface area contributed by atoms with Crippen LogP contribution in [0.3, 0.4) is 0 Å². The van der Waals surface area contributed by atoms with E-state index in [1.807, 2.05) is 0 Å². The Hall–Kier alpha value is -1.56. The lowest BCUT2D eigenvalue weighted by atomic mass is 9.77. The fraction of sp³-hybridized carbons (Fsp3) is 0.294. The zero-order valence-corrected chi connectivity index (χ0v) is 10.7. The third-order valence-electron chi connectivity index (χ3n) is 3.69. The molecule has 0 amide bonds. The van der Waals surface area contributed by atoms with Gasteiger partial charge < -0.3 is 0 Å². The van der Waals surface area contributed by atoms with Gasteiger partial charge in [-0.3, -0.25) is 0 Å². The van der Waals surface area contributed by atoms with E-state index in [1.165, 1.54) is 21.9 Å². The van der Waals surface area contributed by atoms with Crippen LogP contribution in [-0.2, 0) is 0 Å². The van der Waals surface area contributed by atoms with Crippen LogP contribution in [0.5, 0.6) is 0 Å². The van der Waals surface area contributed by atoms with E-state index < -0.39 is 0 Å². The van der Waals surface area contributed by atoms with Gasteiger partial charge in [-0.1, -0.05) is 57.2 Å². The molecule has 0 aromatic heterocycles. The van der Waals surface area contributed by atoms with Gasteiger partial charge in [-0.25, -0.2) is 0 Å². The first kappa shape index (κ1) is 10.6. The number of hydrogen-bond acceptors (Lipinski definition) is 0. The second-order valence-corrected chi connectivity index (χ2v) is 6.03. The van der Waals surface area contributed by atoms with Crippen molar-refractivity contribution in [2.45, 2.75) is 26.7 Å². The lowest BCUT2D eigenvalue weighted by Gasteiger charge is -2.27. The molecule has 1 atom stereocenters. The first-order valence-electron chi connectivity index (χ1n) is 6.26. The third kappa shape index (κ3) is 1.68. The molecule has 2 aromatic rings. The van der Waals surface area contributed by atoms with Crippen LogP contribution < -0.4 is 0 Å². The lowest BCUT2D eigenvalue weighted by Crippen LogP contribution is -2.15. The van der Waals surface area contributed by atoms with Crippen LogP contribution in [0.25, 0.3) is 16.8 Å². The molecule has 86 valence electrons. The van der Waals surface area contributed by atoms with Crippen molar-refractivity contribution in [1.82, 2.24) is 0 Å². The molecule has 1 unspecified atom stereocenters. The molecule has 0 fully saturated rings. The number of fused-ring (bicyclic) bond motifs is 2. The van der Waals surface area contributed by atoms with Gasteiger partial charge in [0, 0.05) is 5.92 Å². The zero-order chi connectivity index (χ0) is 12.0. The predicted molar refractivity (Wildman–Crippen MR) is 75.2 cm³/mol. The molecule has 17 heavy (non-hydrogen) atoms. The van der Waals surface area contributed by atoms with Crippen LogP contribution in [0.1, 0.15) is 37.8 Å². The summed E-state index contributed by atoms with van der Waals surface area (Å²) in [6.45, 7) is 6.94. The smallest absolute Gasteiger partial charge is 0.00760 e. The molecule has 0 bridgehead atoms. The van der Waals surface area contributed by atoms with Crippen molar-refractivity contribution in [3.05, 3.63) is 53.6 Å². The van der Waals surface area contributed by atoms with E-state index in [4.69, 9.17) is 0 Å². The van der Waals surface area contributed by atoms with E-state index >= 15 is 0 Å². The summed E-state index contributed by atoms with van der Waals surface area (Å²) in [5.74, 6) is 0.544. The van der Waals surface area contributed by atoms with Crippen molar-refractivity contribution in [3.63, 3.8) is 0 Å². The Labute approximate surface area is 103 Å². The van der Waals surface area contributed by atoms with Crippen LogP contribution in [0.2, 0.25) is 0 Å². The average molecular weight is 222 g/mol. The molecule has 3 rings (SSSR count). The minimum atomic E-state index is 0.296. The van der Waals surface area contributed by atoms with E-state index in [0.717, 1.165) is 0 Å². The summed E-state index contributed by atoms with van der Waals surface area (Å²) in [6, 6.07) is 13.3. The summed E-state index contributed by atoms with van der Waals surface area (Å²) < 4.78 is 0. The molecule has 0 heteroatoms. The van der Waals surface area contributed by atoms with E-state index in [9.17, 15) is 0 Å². The fourth-order valence-electron chi connectivity index (χ4n) is 2.75. The zero-order valence-electron chi connectivity index (χ0n) is 10.7. The monoisotopic (exact) mass is 222 g/mol. The minimum Gasteiger partial charge on any atom is -0.0759 e. The third-order valence-corrected chi connectivity index (χ3v) is 3.69. The van der Waals surface area contributed by atoms with E-state index in [0.29, 0.717) is 11.3 Å². The quantitative estimate of drug-likeness (QED) is 0.588. The molecule has 0 nitrogen and oxygen atoms in total. The molecular weight excluding hydrogens is 204 g/mol. The standard InChI is InChI=1S/C17H18/c1-17(2,3)16-9-8-14-10-12-6-4-5-7-13(12)11-15(14)16/h4-11,16H,1-3H3. The van der Waals surface area contributed by atoms with Gasteiger partial charge in [0.2, 0.25) is 0 Å². The molecule has 0 N–H and O–H groups in total. The summed E-state index contributed by atoms with van der Waals surface area (Å²) >= 11 is 0. The maximum atomic E-state index is 2.36. The summed E-state index contributed by atoms with van der Waals surface area (Å²) in [5.41, 5.74) is 3.17. The highest BCUT2D eigenvalue weighted by atomic mass is 14.3. The van der Waals surface area contributed by atoms with Gasteiger partial charge in [0.25, 0.3) is 0 Å². The number of benzene rings is 2. The molecule has 0 spiro atoms. The highest BCUT2D eigenvalue weighted by molar-refractivity contribution is 5.87. The number of hydrogen-bond donors (Lipinski definition) is 0. The van der Waals surface area contributed by atoms with Gasteiger partial charge >= 0.3 is 0 Å². The van der Waals surface area contributed by atoms with Crippen molar-refractivity contribution in [1.29, 1.82) is 0 Å². The van der Waals surface area contributed by atoms with Crippen molar-refractivity contribution in [2.75, 3.05) is 0 Å². The molecule has 1 aliphatic rings. The van der Waals surface area contributed by atoms with Gasteiger partial charge in [0.15, 0.2) is 0 Å². The molecule has 0 saturated heterocycles. The number of rotatable bonds is 0. The van der Waals surface area contributed by atoms with Crippen LogP contribution in [0, 0.1) is 5.41 Å². The van der Waals surface area contributed by atoms with Gasteiger partial charge in [0.1, 0.15) is 0 Å². The van der Waals surface area contributed by atoms with Gasteiger partial charge in [0.05, 0.1) is 0 Å². The molecule has 0 radical (unpaired) electrons. The first-order chi connectivity index (χ1) is 8.05. The van der Waals surface area contributed by atoms with Crippen LogP contribution in [0.15, 0.2) is 42.5 Å². The van der Waals surface area contributed by atoms with Crippen molar-refractivity contribution in [2.24, 2.45) is 5.41 Å². The van der Waals surface area contributed by atoms with Crippen LogP contribution in [-0.4, -0.2) is 0 Å². The second kappa shape index (κ2) is 3.46. The second-order valence-electron chi connectivity index (χ2n) is 6.03. The Morgan fingerprint density at radius 2 is 1.59 bits per heavy atom. The molecule has 0 heterocycles. The molecular formula is C17H18. The van der Waals surface area contributed by atoms with E-state index in [1.54, 1.807) is 0 Å². The van der Waals surface area contributed by atoms with E-state index in [2.05, 4.69) is 69.3 Å². The van der Waals surface area contributed by atoms with E-state index in [-0.39, 0.29) is 0 Å². The summed E-state index contributed by atoms with van der Waals surface area (Å²) in [4.78, 5) is 0. The Kier molecular flexibility index (Phi) is 2.16. The highest BCUT2D eigenvalue weighted by Gasteiger charge is 2.28. The van der Waals surface area contributed by atoms with Gasteiger partial charge in [-0.05, 0) is 39.4 Å². The van der Waals surface area contributed by atoms with Crippen molar-refractivity contribution in [3.8, 4) is 0 Å². The summed E-state index contributed by atoms with van der Waals surface area (Å²) in [7, 11) is 0. The Bertz CT molecular complexity index is 597. The average Bonchev–Trinajstić information content (AvgIpc) is 2.68. The van der Waals surface area contributed by atoms with Gasteiger partial charge in [-0.15, -0.1) is 0 Å². The topological polar surface area (TPSA) is 0 Å². The maximum absolute atomic E-state index is 2.36. The van der Waals surface area contributed by atoms with Gasteiger partial charge in [-0.2, -0.15) is 0 Å². The lowest BCUT2D eigenvalue weighted by molar-refractivity contribution is 0.370. The van der Waals surface area contributed by atoms with Crippen LogP contribution >= 0.6 is 0 Å². The highest BCUT2D eigenvalue weighted by Crippen LogP contribution is 2.43. The largest absolute Gasteiger partial charge is 0.0759 e. The van der Waals surface area contributed by atoms with Crippen molar-refractivity contribution >= 4 is 16.8 Å². The normalized spacial score (nSPS) is 18.6. The fourth-order valence-corrected chi connectivity index (χ4v) is 2.75. The SMILES string of the molecule is CC(C)(C)C1C=Cc2cc3ccccc3cc21. The summed E-state index contributed by atoms with van der Waals surface area (Å²) in [6.07, 6.45) is 4.63. The first-order valence-corrected chi connectivity index (χ1v) is 6.26. The molecule has 1 aliphatic carbocycles. The maximum Gasteiger partial charge on any atom is 0.00760 e. The predicted octanol–water partition coefficient (Wildman–Crippen LogP) is 5.00. The van der Waals surface area contributed by atoms with Crippen LogP contribution in [0.4, 0.5) is 0 Å². The number of allylic oxidation sites excluding steroid dienone is 1. The molecule has 0 saturated carbocycles. The minimum absolute atomic E-state index is 0.296. The molecule has 2 aromatic carbocycles. The summed E-state index contributed by atoms with van der Waals surface area (Å²) in [5, 5.41) is 2.69. The Morgan fingerprint density at radius 1 is 0.941 bits per heavy atom.